The maximum absolute atomic E-state index is 13.1. The summed E-state index contributed by atoms with van der Waals surface area (Å²) in [6.07, 6.45) is 0. The Kier molecular flexibility index (Phi) is 7.39. The van der Waals surface area contributed by atoms with Crippen LogP contribution in [0.25, 0.3) is 0 Å². The first-order valence-electron chi connectivity index (χ1n) is 10.5. The molecular weight excluding hydrogens is 539 g/mol. The van der Waals surface area contributed by atoms with Gasteiger partial charge in [-0.05, 0) is 0 Å². The molecule has 0 N–H and O–H groups in total. The molecule has 4 rings (SSSR count). The molecule has 4 aromatic carbocycles. The molecule has 0 unspecified atom stereocenters. The van der Waals surface area contributed by atoms with Crippen molar-refractivity contribution in [1.29, 1.82) is 0 Å². The third-order valence-electron chi connectivity index (χ3n) is 4.84. The molecule has 0 heterocycles. The van der Waals surface area contributed by atoms with E-state index in [0.717, 1.165) is 0 Å². The summed E-state index contributed by atoms with van der Waals surface area (Å²) in [6, 6.07) is 33.2. The summed E-state index contributed by atoms with van der Waals surface area (Å²) < 4.78 is 18.0. The molecule has 7 heteroatoms. The van der Waals surface area contributed by atoms with Crippen molar-refractivity contribution < 1.29 is 23.6 Å². The van der Waals surface area contributed by atoms with Gasteiger partial charge in [0.25, 0.3) is 0 Å². The molecule has 0 radical (unpaired) electrons. The quantitative estimate of drug-likeness (QED) is 0.313. The molecule has 0 bridgehead atoms. The van der Waals surface area contributed by atoms with Crippen molar-refractivity contribution in [1.82, 2.24) is 0 Å². The van der Waals surface area contributed by atoms with Crippen LogP contribution in [-0.4, -0.2) is 37.5 Å². The van der Waals surface area contributed by atoms with Gasteiger partial charge < -0.3 is 0 Å². The Balaban J connectivity index is 1.78. The van der Waals surface area contributed by atoms with Gasteiger partial charge in [0.1, 0.15) is 0 Å². The second kappa shape index (κ2) is 10.8. The van der Waals surface area contributed by atoms with E-state index in [0.29, 0.717) is 3.58 Å². The van der Waals surface area contributed by atoms with Crippen molar-refractivity contribution >= 4 is 41.1 Å². The molecule has 0 aromatic heterocycles. The third kappa shape index (κ3) is 5.52. The molecule has 0 fully saturated rings. The van der Waals surface area contributed by atoms with Gasteiger partial charge in [0, 0.05) is 0 Å². The Bertz CT molecular complexity index is 1130. The van der Waals surface area contributed by atoms with Gasteiger partial charge in [0.05, 0.1) is 0 Å². The molecule has 4 aromatic rings. The summed E-state index contributed by atoms with van der Waals surface area (Å²) in [4.78, 5) is 39.4. The van der Waals surface area contributed by atoms with Crippen molar-refractivity contribution in [2.75, 3.05) is 0 Å². The van der Waals surface area contributed by atoms with Gasteiger partial charge in [-0.3, -0.25) is 0 Å². The summed E-state index contributed by atoms with van der Waals surface area (Å²) in [5.74, 6) is -2.24. The molecule has 0 aliphatic heterocycles. The molecule has 0 aliphatic rings. The van der Waals surface area contributed by atoms with E-state index in [1.165, 1.54) is 0 Å². The molecule has 6 nitrogen and oxygen atoms in total. The Hall–Kier alpha value is -3.91. The van der Waals surface area contributed by atoms with Crippen LogP contribution in [0.4, 0.5) is 0 Å². The molecule has 0 saturated carbocycles. The van der Waals surface area contributed by atoms with Crippen molar-refractivity contribution in [2.24, 2.45) is 0 Å². The normalized spacial score (nSPS) is 10.7. The van der Waals surface area contributed by atoms with Crippen molar-refractivity contribution in [2.45, 2.75) is 0 Å². The van der Waals surface area contributed by atoms with Crippen LogP contribution < -0.4 is 3.58 Å². The molecular formula is C27H20O6Sn. The first-order valence-corrected chi connectivity index (χ1v) is 15.4. The first-order chi connectivity index (χ1) is 16.6. The Morgan fingerprint density at radius 3 is 0.971 bits per heavy atom. The van der Waals surface area contributed by atoms with E-state index in [4.69, 9.17) is 9.22 Å². The van der Waals surface area contributed by atoms with E-state index in [9.17, 15) is 14.4 Å². The summed E-state index contributed by atoms with van der Waals surface area (Å²) in [5, 5.41) is 0. The Labute approximate surface area is 202 Å². The fourth-order valence-electron chi connectivity index (χ4n) is 3.15. The van der Waals surface area contributed by atoms with Crippen LogP contribution in [0.2, 0.25) is 0 Å². The topological polar surface area (TPSA) is 78.9 Å². The standard InChI is InChI=1S/3C7H6O2.C6H5.Sn/c3*8-7(9)6-4-2-1-3-5-6;1-2-4-6-5-3-1;/h3*1-5H,(H,8,9);1-5H;/q;;;;+3/p-3. The molecule has 0 amide bonds. The minimum atomic E-state index is -5.47. The van der Waals surface area contributed by atoms with E-state index in [1.807, 2.05) is 0 Å². The zero-order chi connectivity index (χ0) is 23.8. The molecule has 0 saturated heterocycles. The average molecular weight is 559 g/mol. The summed E-state index contributed by atoms with van der Waals surface area (Å²) in [6.45, 7) is 0. The molecule has 168 valence electrons. The number of rotatable bonds is 7. The van der Waals surface area contributed by atoms with Crippen LogP contribution in [0.3, 0.4) is 0 Å². The fourth-order valence-corrected chi connectivity index (χ4v) is 9.33. The SMILES string of the molecule is O=C([O][Sn]([O]C(=O)c1ccccc1)([O]C(=O)c1ccccc1)[c]1ccccc1)c1ccccc1. The van der Waals surface area contributed by atoms with Crippen molar-refractivity contribution in [3.05, 3.63) is 138 Å². The predicted molar refractivity (Wildman–Crippen MR) is 127 cm³/mol. The Morgan fingerprint density at radius 1 is 0.412 bits per heavy atom. The summed E-state index contributed by atoms with van der Waals surface area (Å²) in [7, 11) is 0. The average Bonchev–Trinajstić information content (AvgIpc) is 2.90. The number of carbonyl (C=O) groups is 3. The molecule has 34 heavy (non-hydrogen) atoms. The van der Waals surface area contributed by atoms with E-state index in [1.54, 1.807) is 121 Å². The number of benzene rings is 4. The van der Waals surface area contributed by atoms with Crippen LogP contribution in [0, 0.1) is 0 Å². The van der Waals surface area contributed by atoms with Gasteiger partial charge in [-0.15, -0.1) is 0 Å². The second-order valence-electron chi connectivity index (χ2n) is 7.19. The molecule has 0 aliphatic carbocycles. The van der Waals surface area contributed by atoms with E-state index >= 15 is 0 Å². The number of carbonyl (C=O) groups excluding carboxylic acids is 3. The predicted octanol–water partition coefficient (Wildman–Crippen LogP) is 4.40. The number of hydrogen-bond acceptors (Lipinski definition) is 6. The van der Waals surface area contributed by atoms with Crippen molar-refractivity contribution in [3.8, 4) is 0 Å². The van der Waals surface area contributed by atoms with Crippen LogP contribution >= 0.6 is 0 Å². The second-order valence-corrected chi connectivity index (χ2v) is 13.8. The Morgan fingerprint density at radius 2 is 0.676 bits per heavy atom. The zero-order valence-electron chi connectivity index (χ0n) is 18.0. The van der Waals surface area contributed by atoms with E-state index < -0.39 is 37.5 Å². The third-order valence-corrected chi connectivity index (χ3v) is 11.7. The molecule has 0 atom stereocenters. The zero-order valence-corrected chi connectivity index (χ0v) is 20.9. The minimum absolute atomic E-state index is 0.242. The fraction of sp³-hybridized carbons (Fsp3) is 0. The van der Waals surface area contributed by atoms with Gasteiger partial charge in [-0.1, -0.05) is 0 Å². The van der Waals surface area contributed by atoms with Gasteiger partial charge in [0.2, 0.25) is 0 Å². The van der Waals surface area contributed by atoms with Gasteiger partial charge >= 0.3 is 203 Å². The number of hydrogen-bond donors (Lipinski definition) is 0. The molecule has 0 spiro atoms. The first kappa shape index (κ1) is 23.3. The van der Waals surface area contributed by atoms with E-state index in [2.05, 4.69) is 0 Å². The van der Waals surface area contributed by atoms with Gasteiger partial charge in [-0.25, -0.2) is 0 Å². The van der Waals surface area contributed by atoms with Gasteiger partial charge in [0.15, 0.2) is 0 Å². The maximum atomic E-state index is 13.1. The van der Waals surface area contributed by atoms with Gasteiger partial charge in [-0.2, -0.15) is 0 Å². The summed E-state index contributed by atoms with van der Waals surface area (Å²) >= 11 is -5.47. The van der Waals surface area contributed by atoms with Crippen LogP contribution in [0.1, 0.15) is 31.1 Å². The van der Waals surface area contributed by atoms with E-state index in [-0.39, 0.29) is 16.7 Å². The van der Waals surface area contributed by atoms with Crippen LogP contribution in [0.5, 0.6) is 0 Å². The van der Waals surface area contributed by atoms with Crippen LogP contribution in [0.15, 0.2) is 121 Å². The monoisotopic (exact) mass is 560 g/mol. The van der Waals surface area contributed by atoms with Crippen molar-refractivity contribution in [3.63, 3.8) is 0 Å². The van der Waals surface area contributed by atoms with Crippen LogP contribution in [-0.2, 0) is 9.22 Å². The summed E-state index contributed by atoms with van der Waals surface area (Å²) in [5.41, 5.74) is 0.725.